The molecular weight excluding hydrogens is 430 g/mol. The number of fused-ring (bicyclic) bond motifs is 2. The number of amides is 1. The molecule has 0 aliphatic rings. The van der Waals surface area contributed by atoms with Gasteiger partial charge in [-0.25, -0.2) is 9.97 Å². The van der Waals surface area contributed by atoms with Crippen molar-refractivity contribution in [1.29, 1.82) is 0 Å². The predicted molar refractivity (Wildman–Crippen MR) is 128 cm³/mol. The Hall–Kier alpha value is -3.68. The Balaban J connectivity index is 1.49. The summed E-state index contributed by atoms with van der Waals surface area (Å²) in [5, 5.41) is 10.8. The molecule has 0 atom stereocenters. The average molecular weight is 446 g/mol. The van der Waals surface area contributed by atoms with E-state index in [1.165, 1.54) is 17.7 Å². The lowest BCUT2D eigenvalue weighted by atomic mass is 10.1. The molecule has 6 nitrogen and oxygen atoms in total. The standard InChI is InChI=1S/C23H16ClN5OS/c24-13-7-9-14(10-8-13)28-18-5-1-4-16-15(18)3-2-6-19(16)29-23(30)17-11-31-21-20(17)26-12-27-22(21)25/h1-12,28H,(H,29,30)(H2,25,26,27). The highest BCUT2D eigenvalue weighted by Gasteiger charge is 2.17. The predicted octanol–water partition coefficient (Wildman–Crippen LogP) is 6.08. The Morgan fingerprint density at radius 3 is 2.42 bits per heavy atom. The van der Waals surface area contributed by atoms with Gasteiger partial charge in [-0.3, -0.25) is 4.79 Å². The molecule has 2 heterocycles. The second kappa shape index (κ2) is 7.86. The fourth-order valence-corrected chi connectivity index (χ4v) is 4.46. The number of carbonyl (C=O) groups excluding carboxylic acids is 1. The van der Waals surface area contributed by atoms with E-state index in [1.54, 1.807) is 5.38 Å². The number of nitrogens with zero attached hydrogens (tertiary/aromatic N) is 2. The van der Waals surface area contributed by atoms with Crippen LogP contribution < -0.4 is 16.4 Å². The van der Waals surface area contributed by atoms with Crippen molar-refractivity contribution in [2.75, 3.05) is 16.4 Å². The summed E-state index contributed by atoms with van der Waals surface area (Å²) in [6, 6.07) is 19.2. The van der Waals surface area contributed by atoms with Crippen LogP contribution in [-0.4, -0.2) is 15.9 Å². The van der Waals surface area contributed by atoms with Gasteiger partial charge in [-0.1, -0.05) is 35.9 Å². The van der Waals surface area contributed by atoms with Gasteiger partial charge in [-0.2, -0.15) is 0 Å². The summed E-state index contributed by atoms with van der Waals surface area (Å²) in [6.07, 6.45) is 1.37. The lowest BCUT2D eigenvalue weighted by molar-refractivity contribution is 0.102. The zero-order valence-corrected chi connectivity index (χ0v) is 17.7. The minimum atomic E-state index is -0.243. The van der Waals surface area contributed by atoms with Gasteiger partial charge in [0.15, 0.2) is 0 Å². The van der Waals surface area contributed by atoms with Gasteiger partial charge in [0.2, 0.25) is 0 Å². The molecule has 4 N–H and O–H groups in total. The third-order valence-electron chi connectivity index (χ3n) is 4.92. The maximum absolute atomic E-state index is 13.0. The minimum absolute atomic E-state index is 0.243. The normalized spacial score (nSPS) is 11.0. The van der Waals surface area contributed by atoms with Gasteiger partial charge in [0.1, 0.15) is 12.1 Å². The van der Waals surface area contributed by atoms with Crippen molar-refractivity contribution in [3.63, 3.8) is 0 Å². The van der Waals surface area contributed by atoms with E-state index < -0.39 is 0 Å². The van der Waals surface area contributed by atoms with Crippen LogP contribution >= 0.6 is 22.9 Å². The van der Waals surface area contributed by atoms with E-state index >= 15 is 0 Å². The summed E-state index contributed by atoms with van der Waals surface area (Å²) in [5.41, 5.74) is 9.49. The first kappa shape index (κ1) is 19.3. The van der Waals surface area contributed by atoms with Gasteiger partial charge >= 0.3 is 0 Å². The molecule has 0 bridgehead atoms. The van der Waals surface area contributed by atoms with Crippen LogP contribution in [0.5, 0.6) is 0 Å². The number of hydrogen-bond donors (Lipinski definition) is 3. The summed E-state index contributed by atoms with van der Waals surface area (Å²) in [4.78, 5) is 21.2. The zero-order valence-electron chi connectivity index (χ0n) is 16.1. The fourth-order valence-electron chi connectivity index (χ4n) is 3.44. The van der Waals surface area contributed by atoms with E-state index in [9.17, 15) is 4.79 Å². The molecule has 1 amide bonds. The van der Waals surface area contributed by atoms with Gasteiger partial charge < -0.3 is 16.4 Å². The van der Waals surface area contributed by atoms with Crippen molar-refractivity contribution >= 4 is 72.7 Å². The van der Waals surface area contributed by atoms with E-state index in [1.807, 2.05) is 60.7 Å². The maximum atomic E-state index is 13.0. The number of anilines is 4. The Kier molecular flexibility index (Phi) is 4.89. The fraction of sp³-hybridized carbons (Fsp3) is 0. The van der Waals surface area contributed by atoms with Crippen LogP contribution in [0, 0.1) is 0 Å². The number of carbonyl (C=O) groups is 1. The van der Waals surface area contributed by atoms with Crippen LogP contribution in [0.3, 0.4) is 0 Å². The van der Waals surface area contributed by atoms with Crippen LogP contribution in [0.2, 0.25) is 5.02 Å². The number of rotatable bonds is 4. The minimum Gasteiger partial charge on any atom is -0.382 e. The Bertz CT molecular complexity index is 1430. The number of benzene rings is 3. The molecule has 31 heavy (non-hydrogen) atoms. The topological polar surface area (TPSA) is 92.9 Å². The number of thiophene rings is 1. The molecule has 0 aliphatic carbocycles. The Labute approximate surface area is 186 Å². The molecular formula is C23H16ClN5OS. The molecule has 8 heteroatoms. The lowest BCUT2D eigenvalue weighted by Gasteiger charge is -2.13. The van der Waals surface area contributed by atoms with E-state index in [2.05, 4.69) is 20.6 Å². The molecule has 0 aliphatic heterocycles. The SMILES string of the molecule is Nc1ncnc2c(C(=O)Nc3cccc4c(Nc5ccc(Cl)cc5)cccc34)csc12. The van der Waals surface area contributed by atoms with Crippen molar-refractivity contribution in [3.05, 3.63) is 83.0 Å². The van der Waals surface area contributed by atoms with Crippen LogP contribution in [0.25, 0.3) is 21.0 Å². The van der Waals surface area contributed by atoms with Crippen LogP contribution in [0.4, 0.5) is 22.9 Å². The van der Waals surface area contributed by atoms with Crippen LogP contribution in [0.1, 0.15) is 10.4 Å². The summed E-state index contributed by atoms with van der Waals surface area (Å²) >= 11 is 7.34. The van der Waals surface area contributed by atoms with Gasteiger partial charge in [0.05, 0.1) is 15.8 Å². The number of nitrogen functional groups attached to an aromatic ring is 1. The van der Waals surface area contributed by atoms with Crippen LogP contribution in [-0.2, 0) is 0 Å². The third-order valence-corrected chi connectivity index (χ3v) is 6.16. The quantitative estimate of drug-likeness (QED) is 0.312. The second-order valence-electron chi connectivity index (χ2n) is 6.88. The smallest absolute Gasteiger partial charge is 0.258 e. The third kappa shape index (κ3) is 3.65. The van der Waals surface area contributed by atoms with Gasteiger partial charge in [-0.05, 0) is 36.4 Å². The van der Waals surface area contributed by atoms with E-state index in [-0.39, 0.29) is 5.91 Å². The monoisotopic (exact) mass is 445 g/mol. The van der Waals surface area contributed by atoms with Crippen molar-refractivity contribution in [2.45, 2.75) is 0 Å². The number of aromatic nitrogens is 2. The molecule has 152 valence electrons. The Morgan fingerprint density at radius 1 is 0.935 bits per heavy atom. The van der Waals surface area contributed by atoms with E-state index in [0.717, 1.165) is 22.1 Å². The number of hydrogen-bond acceptors (Lipinski definition) is 6. The lowest BCUT2D eigenvalue weighted by Crippen LogP contribution is -2.12. The molecule has 0 unspecified atom stereocenters. The summed E-state index contributed by atoms with van der Waals surface area (Å²) in [7, 11) is 0. The van der Waals surface area contributed by atoms with Crippen LogP contribution in [0.15, 0.2) is 72.4 Å². The van der Waals surface area contributed by atoms with E-state index in [0.29, 0.717) is 32.3 Å². The van der Waals surface area contributed by atoms with Crippen molar-refractivity contribution < 1.29 is 4.79 Å². The second-order valence-corrected chi connectivity index (χ2v) is 8.19. The van der Waals surface area contributed by atoms with Gasteiger partial charge in [0.25, 0.3) is 5.91 Å². The van der Waals surface area contributed by atoms with E-state index in [4.69, 9.17) is 17.3 Å². The highest BCUT2D eigenvalue weighted by Crippen LogP contribution is 2.33. The highest BCUT2D eigenvalue weighted by atomic mass is 35.5. The van der Waals surface area contributed by atoms with Crippen molar-refractivity contribution in [2.24, 2.45) is 0 Å². The largest absolute Gasteiger partial charge is 0.382 e. The molecule has 0 saturated carbocycles. The van der Waals surface area contributed by atoms with Gasteiger partial charge in [0, 0.05) is 38.2 Å². The first-order valence-corrected chi connectivity index (χ1v) is 10.7. The summed E-state index contributed by atoms with van der Waals surface area (Å²) in [5.74, 6) is 0.130. The average Bonchev–Trinajstić information content (AvgIpc) is 3.22. The van der Waals surface area contributed by atoms with Gasteiger partial charge in [-0.15, -0.1) is 11.3 Å². The molecule has 5 rings (SSSR count). The first-order valence-electron chi connectivity index (χ1n) is 9.43. The molecule has 3 aromatic carbocycles. The first-order chi connectivity index (χ1) is 15.1. The molecule has 0 radical (unpaired) electrons. The number of halogens is 1. The molecule has 5 aromatic rings. The van der Waals surface area contributed by atoms with Crippen molar-refractivity contribution in [1.82, 2.24) is 9.97 Å². The summed E-state index contributed by atoms with van der Waals surface area (Å²) in [6.45, 7) is 0. The number of nitrogens with two attached hydrogens (primary N) is 1. The zero-order chi connectivity index (χ0) is 21.4. The molecule has 2 aromatic heterocycles. The molecule has 0 spiro atoms. The Morgan fingerprint density at radius 2 is 1.65 bits per heavy atom. The van der Waals surface area contributed by atoms with Crippen molar-refractivity contribution in [3.8, 4) is 0 Å². The molecule has 0 fully saturated rings. The summed E-state index contributed by atoms with van der Waals surface area (Å²) < 4.78 is 0.708. The number of nitrogens with one attached hydrogen (secondary N) is 2. The molecule has 0 saturated heterocycles. The maximum Gasteiger partial charge on any atom is 0.258 e. The highest BCUT2D eigenvalue weighted by molar-refractivity contribution is 7.18.